The number of likely N-dealkylation sites (tertiary alicyclic amines) is 1. The molecular weight excluding hydrogens is 395 g/mol. The number of alkyl halides is 3. The van der Waals surface area contributed by atoms with Crippen LogP contribution in [0.15, 0.2) is 52.3 Å². The van der Waals surface area contributed by atoms with E-state index in [9.17, 15) is 13.2 Å². The number of nitrogens with two attached hydrogens (primary N) is 1. The van der Waals surface area contributed by atoms with E-state index in [1.807, 2.05) is 24.3 Å². The number of nitrogens with zero attached hydrogens (tertiary/aromatic N) is 2. The van der Waals surface area contributed by atoms with Crippen LogP contribution in [0.2, 0.25) is 0 Å². The molecule has 2 heterocycles. The van der Waals surface area contributed by atoms with Crippen LogP contribution < -0.4 is 10.6 Å². The lowest BCUT2D eigenvalue weighted by Gasteiger charge is -2.35. The van der Waals surface area contributed by atoms with E-state index in [-0.39, 0.29) is 0 Å². The van der Waals surface area contributed by atoms with Crippen LogP contribution in [0.5, 0.6) is 0 Å². The zero-order valence-corrected chi connectivity index (χ0v) is 17.1. The van der Waals surface area contributed by atoms with Crippen molar-refractivity contribution in [1.29, 1.82) is 0 Å². The molecule has 2 aliphatic rings. The van der Waals surface area contributed by atoms with E-state index in [1.54, 1.807) is 6.07 Å². The Bertz CT molecular complexity index is 847. The van der Waals surface area contributed by atoms with Crippen LogP contribution in [0.3, 0.4) is 0 Å². The number of rotatable bonds is 5. The summed E-state index contributed by atoms with van der Waals surface area (Å²) >= 11 is 1.54. The summed E-state index contributed by atoms with van der Waals surface area (Å²) in [5, 5.41) is 0. The Kier molecular flexibility index (Phi) is 6.08. The van der Waals surface area contributed by atoms with Crippen molar-refractivity contribution in [3.63, 3.8) is 0 Å². The SMILES string of the molecule is NCC1CCN(CCCN2c3ccccc3Sc3ccc(C(F)(F)F)cc32)CC1. The lowest BCUT2D eigenvalue weighted by molar-refractivity contribution is -0.137. The van der Waals surface area contributed by atoms with Gasteiger partial charge in [0, 0.05) is 16.3 Å². The number of hydrogen-bond donors (Lipinski definition) is 1. The molecule has 0 aliphatic carbocycles. The van der Waals surface area contributed by atoms with E-state index < -0.39 is 11.7 Å². The molecule has 0 spiro atoms. The zero-order valence-electron chi connectivity index (χ0n) is 16.3. The van der Waals surface area contributed by atoms with Crippen molar-refractivity contribution in [2.75, 3.05) is 37.6 Å². The largest absolute Gasteiger partial charge is 0.416 e. The van der Waals surface area contributed by atoms with Gasteiger partial charge in [0.2, 0.25) is 0 Å². The van der Waals surface area contributed by atoms with E-state index in [0.717, 1.165) is 60.9 Å². The highest BCUT2D eigenvalue weighted by atomic mass is 32.2. The molecule has 2 aromatic carbocycles. The van der Waals surface area contributed by atoms with Gasteiger partial charge >= 0.3 is 6.18 Å². The van der Waals surface area contributed by atoms with E-state index in [2.05, 4.69) is 9.80 Å². The molecule has 0 saturated carbocycles. The smallest absolute Gasteiger partial charge is 0.340 e. The maximum atomic E-state index is 13.3. The first-order chi connectivity index (χ1) is 14.0. The molecule has 1 fully saturated rings. The van der Waals surface area contributed by atoms with E-state index in [0.29, 0.717) is 18.2 Å². The maximum Gasteiger partial charge on any atom is 0.416 e. The second-order valence-electron chi connectivity index (χ2n) is 7.78. The lowest BCUT2D eigenvalue weighted by Crippen LogP contribution is -2.37. The highest BCUT2D eigenvalue weighted by Crippen LogP contribution is 2.49. The summed E-state index contributed by atoms with van der Waals surface area (Å²) in [6.07, 6.45) is -1.16. The molecule has 0 amide bonds. The summed E-state index contributed by atoms with van der Waals surface area (Å²) in [5.74, 6) is 0.630. The Hall–Kier alpha value is -1.70. The average Bonchev–Trinajstić information content (AvgIpc) is 2.72. The van der Waals surface area contributed by atoms with Crippen molar-refractivity contribution in [2.24, 2.45) is 11.7 Å². The van der Waals surface area contributed by atoms with Crippen LogP contribution >= 0.6 is 11.8 Å². The predicted molar refractivity (Wildman–Crippen MR) is 112 cm³/mol. The molecular formula is C22H26F3N3S. The molecule has 3 nitrogen and oxygen atoms in total. The number of fused-ring (bicyclic) bond motifs is 2. The van der Waals surface area contributed by atoms with Crippen molar-refractivity contribution in [3.05, 3.63) is 48.0 Å². The van der Waals surface area contributed by atoms with Gasteiger partial charge in [0.05, 0.1) is 16.9 Å². The van der Waals surface area contributed by atoms with Gasteiger partial charge in [-0.1, -0.05) is 23.9 Å². The zero-order chi connectivity index (χ0) is 20.4. The van der Waals surface area contributed by atoms with Crippen molar-refractivity contribution in [1.82, 2.24) is 4.90 Å². The Labute approximate surface area is 174 Å². The molecule has 2 aliphatic heterocycles. The summed E-state index contributed by atoms with van der Waals surface area (Å²) in [6, 6.07) is 12.0. The van der Waals surface area contributed by atoms with Gasteiger partial charge in [-0.2, -0.15) is 13.2 Å². The van der Waals surface area contributed by atoms with Gasteiger partial charge in [-0.25, -0.2) is 0 Å². The number of halogens is 3. The number of benzene rings is 2. The third-order valence-electron chi connectivity index (χ3n) is 5.85. The lowest BCUT2D eigenvalue weighted by atomic mass is 9.97. The number of para-hydroxylation sites is 1. The van der Waals surface area contributed by atoms with Crippen LogP contribution in [0.4, 0.5) is 24.5 Å². The Balaban J connectivity index is 1.51. The standard InChI is InChI=1S/C22H26F3N3S/c23-22(24,25)17-6-7-21-19(14-17)28(18-4-1-2-5-20(18)29-21)11-3-10-27-12-8-16(15-26)9-13-27/h1-2,4-7,14,16H,3,8-13,15,26H2. The summed E-state index contributed by atoms with van der Waals surface area (Å²) in [7, 11) is 0. The van der Waals surface area contributed by atoms with Crippen molar-refractivity contribution in [3.8, 4) is 0 Å². The third-order valence-corrected chi connectivity index (χ3v) is 6.98. The fourth-order valence-electron chi connectivity index (χ4n) is 4.14. The summed E-state index contributed by atoms with van der Waals surface area (Å²) < 4.78 is 39.9. The minimum absolute atomic E-state index is 0.593. The Morgan fingerprint density at radius 3 is 2.41 bits per heavy atom. The van der Waals surface area contributed by atoms with E-state index in [1.165, 1.54) is 23.9 Å². The van der Waals surface area contributed by atoms with Gasteiger partial charge in [0.1, 0.15) is 0 Å². The molecule has 0 aromatic heterocycles. The van der Waals surface area contributed by atoms with Gasteiger partial charge in [-0.05, 0) is 81.7 Å². The second-order valence-corrected chi connectivity index (χ2v) is 8.86. The number of anilines is 2. The Morgan fingerprint density at radius 2 is 1.69 bits per heavy atom. The van der Waals surface area contributed by atoms with E-state index >= 15 is 0 Å². The molecule has 0 bridgehead atoms. The van der Waals surface area contributed by atoms with Gasteiger partial charge < -0.3 is 15.5 Å². The molecule has 2 N–H and O–H groups in total. The van der Waals surface area contributed by atoms with Crippen LogP contribution in [0.1, 0.15) is 24.8 Å². The number of piperidine rings is 1. The molecule has 156 valence electrons. The van der Waals surface area contributed by atoms with E-state index in [4.69, 9.17) is 5.73 Å². The highest BCUT2D eigenvalue weighted by molar-refractivity contribution is 7.99. The van der Waals surface area contributed by atoms with Crippen LogP contribution in [-0.2, 0) is 6.18 Å². The molecule has 1 saturated heterocycles. The van der Waals surface area contributed by atoms with Gasteiger partial charge in [0.15, 0.2) is 0 Å². The molecule has 0 radical (unpaired) electrons. The second kappa shape index (κ2) is 8.58. The minimum atomic E-state index is -4.34. The molecule has 4 rings (SSSR count). The maximum absolute atomic E-state index is 13.3. The van der Waals surface area contributed by atoms with Crippen LogP contribution in [0.25, 0.3) is 0 Å². The Morgan fingerprint density at radius 1 is 0.966 bits per heavy atom. The summed E-state index contributed by atoms with van der Waals surface area (Å²) in [5.41, 5.74) is 6.83. The van der Waals surface area contributed by atoms with Crippen LogP contribution in [-0.4, -0.2) is 37.6 Å². The predicted octanol–water partition coefficient (Wildman–Crippen LogP) is 5.37. The fraction of sp³-hybridized carbons (Fsp3) is 0.455. The first-order valence-corrected chi connectivity index (χ1v) is 11.0. The monoisotopic (exact) mass is 421 g/mol. The molecule has 29 heavy (non-hydrogen) atoms. The molecule has 7 heteroatoms. The average molecular weight is 422 g/mol. The molecule has 2 aromatic rings. The molecule has 0 atom stereocenters. The molecule has 0 unspecified atom stereocenters. The number of hydrogen-bond acceptors (Lipinski definition) is 4. The van der Waals surface area contributed by atoms with Crippen molar-refractivity contribution in [2.45, 2.75) is 35.2 Å². The summed E-state index contributed by atoms with van der Waals surface area (Å²) in [6.45, 7) is 4.53. The normalized spacial score (nSPS) is 17.9. The topological polar surface area (TPSA) is 32.5 Å². The third kappa shape index (κ3) is 4.57. The van der Waals surface area contributed by atoms with Gasteiger partial charge in [-0.15, -0.1) is 0 Å². The van der Waals surface area contributed by atoms with Crippen LogP contribution in [0, 0.1) is 5.92 Å². The summed E-state index contributed by atoms with van der Waals surface area (Å²) in [4.78, 5) is 6.47. The van der Waals surface area contributed by atoms with Crippen molar-refractivity contribution < 1.29 is 13.2 Å². The fourth-order valence-corrected chi connectivity index (χ4v) is 5.22. The quantitative estimate of drug-likeness (QED) is 0.704. The highest BCUT2D eigenvalue weighted by Gasteiger charge is 2.33. The van der Waals surface area contributed by atoms with Crippen molar-refractivity contribution >= 4 is 23.1 Å². The van der Waals surface area contributed by atoms with Gasteiger partial charge in [0.25, 0.3) is 0 Å². The minimum Gasteiger partial charge on any atom is -0.340 e. The van der Waals surface area contributed by atoms with Gasteiger partial charge in [-0.3, -0.25) is 0 Å². The first kappa shape index (κ1) is 20.6. The first-order valence-electron chi connectivity index (χ1n) is 10.1.